The summed E-state index contributed by atoms with van der Waals surface area (Å²) in [7, 11) is 0. The molecule has 0 unspecified atom stereocenters. The van der Waals surface area contributed by atoms with Gasteiger partial charge in [0.05, 0.1) is 6.54 Å². The lowest BCUT2D eigenvalue weighted by atomic mass is 10.0. The third-order valence-corrected chi connectivity index (χ3v) is 3.55. The minimum absolute atomic E-state index is 0.159. The van der Waals surface area contributed by atoms with Crippen LogP contribution in [0.3, 0.4) is 0 Å². The van der Waals surface area contributed by atoms with Crippen LogP contribution in [0.1, 0.15) is 10.4 Å². The molecule has 1 fully saturated rings. The number of hydrogen-bond acceptors (Lipinski definition) is 4. The zero-order valence-corrected chi connectivity index (χ0v) is 10.8. The highest BCUT2D eigenvalue weighted by Crippen LogP contribution is 2.17. The van der Waals surface area contributed by atoms with Crippen LogP contribution in [0.15, 0.2) is 36.7 Å². The Morgan fingerprint density at radius 2 is 2.00 bits per heavy atom. The standard InChI is InChI=1S/C15H17N3O/c19-15(11-18-7-5-16-6-8-18)14-10-17-9-12-3-1-2-4-13(12)14/h1-4,9-10,16H,5-8,11H2. The van der Waals surface area contributed by atoms with Crippen LogP contribution >= 0.6 is 0 Å². The fourth-order valence-corrected chi connectivity index (χ4v) is 2.50. The number of fused-ring (bicyclic) bond motifs is 1. The number of benzene rings is 1. The lowest BCUT2D eigenvalue weighted by molar-refractivity contribution is 0.0923. The Morgan fingerprint density at radius 3 is 2.84 bits per heavy atom. The van der Waals surface area contributed by atoms with Crippen LogP contribution in [-0.2, 0) is 0 Å². The van der Waals surface area contributed by atoms with E-state index in [0.717, 1.165) is 42.5 Å². The zero-order chi connectivity index (χ0) is 13.1. The van der Waals surface area contributed by atoms with Gasteiger partial charge in [-0.2, -0.15) is 0 Å². The molecule has 2 aromatic rings. The Kier molecular flexibility index (Phi) is 3.53. The SMILES string of the molecule is O=C(CN1CCNCC1)c1cncc2ccccc12. The molecule has 0 radical (unpaired) electrons. The Balaban J connectivity index is 1.85. The van der Waals surface area contributed by atoms with E-state index in [-0.39, 0.29) is 5.78 Å². The molecule has 98 valence electrons. The van der Waals surface area contributed by atoms with E-state index in [1.54, 1.807) is 12.4 Å². The fourth-order valence-electron chi connectivity index (χ4n) is 2.50. The predicted molar refractivity (Wildman–Crippen MR) is 75.4 cm³/mol. The molecule has 2 heterocycles. The number of hydrogen-bond donors (Lipinski definition) is 1. The number of rotatable bonds is 3. The predicted octanol–water partition coefficient (Wildman–Crippen LogP) is 1.32. The summed E-state index contributed by atoms with van der Waals surface area (Å²) in [5.41, 5.74) is 0.733. The van der Waals surface area contributed by atoms with Crippen molar-refractivity contribution < 1.29 is 4.79 Å². The van der Waals surface area contributed by atoms with Gasteiger partial charge in [-0.15, -0.1) is 0 Å². The molecule has 0 amide bonds. The Hall–Kier alpha value is -1.78. The zero-order valence-electron chi connectivity index (χ0n) is 10.8. The van der Waals surface area contributed by atoms with Crippen LogP contribution < -0.4 is 5.32 Å². The van der Waals surface area contributed by atoms with Crippen molar-refractivity contribution in [2.24, 2.45) is 0 Å². The van der Waals surface area contributed by atoms with Crippen LogP contribution in [0, 0.1) is 0 Å². The lowest BCUT2D eigenvalue weighted by Crippen LogP contribution is -2.45. The van der Waals surface area contributed by atoms with Gasteiger partial charge < -0.3 is 5.32 Å². The summed E-state index contributed by atoms with van der Waals surface area (Å²) in [5, 5.41) is 5.31. The molecule has 1 aliphatic rings. The molecule has 0 spiro atoms. The first-order valence-electron chi connectivity index (χ1n) is 6.63. The third kappa shape index (κ3) is 2.64. The quantitative estimate of drug-likeness (QED) is 0.840. The largest absolute Gasteiger partial charge is 0.314 e. The minimum atomic E-state index is 0.159. The number of pyridine rings is 1. The summed E-state index contributed by atoms with van der Waals surface area (Å²) in [6.07, 6.45) is 3.49. The van der Waals surface area contributed by atoms with Crippen LogP contribution in [0.25, 0.3) is 10.8 Å². The van der Waals surface area contributed by atoms with Crippen LogP contribution in [0.5, 0.6) is 0 Å². The maximum Gasteiger partial charge on any atom is 0.178 e. The molecular weight excluding hydrogens is 238 g/mol. The molecule has 1 aromatic carbocycles. The number of aromatic nitrogens is 1. The van der Waals surface area contributed by atoms with Crippen LogP contribution in [-0.4, -0.2) is 48.4 Å². The number of carbonyl (C=O) groups is 1. The molecule has 0 atom stereocenters. The van der Waals surface area contributed by atoms with Crippen molar-refractivity contribution in [1.29, 1.82) is 0 Å². The summed E-state index contributed by atoms with van der Waals surface area (Å²) in [4.78, 5) is 18.8. The highest BCUT2D eigenvalue weighted by atomic mass is 16.1. The van der Waals surface area contributed by atoms with Gasteiger partial charge >= 0.3 is 0 Å². The number of nitrogens with one attached hydrogen (secondary N) is 1. The first-order chi connectivity index (χ1) is 9.34. The summed E-state index contributed by atoms with van der Waals surface area (Å²) >= 11 is 0. The van der Waals surface area contributed by atoms with E-state index in [1.165, 1.54) is 0 Å². The summed E-state index contributed by atoms with van der Waals surface area (Å²) < 4.78 is 0. The number of nitrogens with zero attached hydrogens (tertiary/aromatic N) is 2. The van der Waals surface area contributed by atoms with E-state index >= 15 is 0 Å². The topological polar surface area (TPSA) is 45.2 Å². The van der Waals surface area contributed by atoms with Crippen molar-refractivity contribution in [3.63, 3.8) is 0 Å². The van der Waals surface area contributed by atoms with Crippen molar-refractivity contribution in [3.05, 3.63) is 42.2 Å². The number of Topliss-reactive ketones (excluding diaryl/α,β-unsaturated/α-hetero) is 1. The fraction of sp³-hybridized carbons (Fsp3) is 0.333. The average molecular weight is 255 g/mol. The van der Waals surface area contributed by atoms with Crippen molar-refractivity contribution in [1.82, 2.24) is 15.2 Å². The van der Waals surface area contributed by atoms with Gasteiger partial charge in [-0.05, 0) is 5.39 Å². The second-order valence-electron chi connectivity index (χ2n) is 4.86. The lowest BCUT2D eigenvalue weighted by Gasteiger charge is -2.26. The highest BCUT2D eigenvalue weighted by molar-refractivity contribution is 6.08. The van der Waals surface area contributed by atoms with Gasteiger partial charge in [-0.3, -0.25) is 14.7 Å². The molecule has 4 heteroatoms. The van der Waals surface area contributed by atoms with Gasteiger partial charge in [0.15, 0.2) is 5.78 Å². The van der Waals surface area contributed by atoms with Gasteiger partial charge in [-0.1, -0.05) is 24.3 Å². The molecule has 0 saturated carbocycles. The minimum Gasteiger partial charge on any atom is -0.314 e. The molecule has 3 rings (SSSR count). The normalized spacial score (nSPS) is 16.6. The molecule has 1 aromatic heterocycles. The number of piperazine rings is 1. The summed E-state index contributed by atoms with van der Waals surface area (Å²) in [6.45, 7) is 4.27. The van der Waals surface area contributed by atoms with Gasteiger partial charge in [0.2, 0.25) is 0 Å². The molecule has 0 aliphatic carbocycles. The highest BCUT2D eigenvalue weighted by Gasteiger charge is 2.16. The third-order valence-electron chi connectivity index (χ3n) is 3.55. The molecular formula is C15H17N3O. The Morgan fingerprint density at radius 1 is 1.21 bits per heavy atom. The van der Waals surface area contributed by atoms with Crippen LogP contribution in [0.4, 0.5) is 0 Å². The number of ketones is 1. The van der Waals surface area contributed by atoms with E-state index in [0.29, 0.717) is 6.54 Å². The molecule has 4 nitrogen and oxygen atoms in total. The average Bonchev–Trinajstić information content (AvgIpc) is 2.47. The maximum atomic E-state index is 12.4. The van der Waals surface area contributed by atoms with E-state index < -0.39 is 0 Å². The van der Waals surface area contributed by atoms with Crippen molar-refractivity contribution in [2.75, 3.05) is 32.7 Å². The molecule has 1 saturated heterocycles. The van der Waals surface area contributed by atoms with Crippen molar-refractivity contribution in [3.8, 4) is 0 Å². The van der Waals surface area contributed by atoms with Crippen molar-refractivity contribution >= 4 is 16.6 Å². The van der Waals surface area contributed by atoms with Crippen LogP contribution in [0.2, 0.25) is 0 Å². The summed E-state index contributed by atoms with van der Waals surface area (Å²) in [6, 6.07) is 7.91. The maximum absolute atomic E-state index is 12.4. The first kappa shape index (κ1) is 12.3. The molecule has 1 aliphatic heterocycles. The van der Waals surface area contributed by atoms with Crippen molar-refractivity contribution in [2.45, 2.75) is 0 Å². The van der Waals surface area contributed by atoms with Gasteiger partial charge in [0.25, 0.3) is 0 Å². The van der Waals surface area contributed by atoms with Gasteiger partial charge in [-0.25, -0.2) is 0 Å². The van der Waals surface area contributed by atoms with Gasteiger partial charge in [0, 0.05) is 49.5 Å². The monoisotopic (exact) mass is 255 g/mol. The van der Waals surface area contributed by atoms with E-state index in [2.05, 4.69) is 15.2 Å². The Bertz CT molecular complexity index is 585. The summed E-state index contributed by atoms with van der Waals surface area (Å²) in [5.74, 6) is 0.159. The number of carbonyl (C=O) groups excluding carboxylic acids is 1. The van der Waals surface area contributed by atoms with E-state index in [9.17, 15) is 4.79 Å². The van der Waals surface area contributed by atoms with Gasteiger partial charge in [0.1, 0.15) is 0 Å². The Labute approximate surface area is 112 Å². The molecule has 1 N–H and O–H groups in total. The second-order valence-corrected chi connectivity index (χ2v) is 4.86. The molecule has 19 heavy (non-hydrogen) atoms. The van der Waals surface area contributed by atoms with E-state index in [4.69, 9.17) is 0 Å². The first-order valence-corrected chi connectivity index (χ1v) is 6.63. The van der Waals surface area contributed by atoms with E-state index in [1.807, 2.05) is 24.3 Å². The smallest absolute Gasteiger partial charge is 0.178 e. The molecule has 0 bridgehead atoms. The second kappa shape index (κ2) is 5.47.